The van der Waals surface area contributed by atoms with E-state index < -0.39 is 28.5 Å². The summed E-state index contributed by atoms with van der Waals surface area (Å²) in [6.45, 7) is 1.05. The van der Waals surface area contributed by atoms with E-state index in [2.05, 4.69) is 14.2 Å². The Morgan fingerprint density at radius 2 is 1.95 bits per heavy atom. The molecular weight excluding hydrogens is 294 g/mol. The zero-order chi connectivity index (χ0) is 14.6. The molecule has 0 aromatic carbocycles. The van der Waals surface area contributed by atoms with Crippen LogP contribution in [-0.2, 0) is 24.3 Å². The number of hydrogen-bond donors (Lipinski definition) is 1. The lowest BCUT2D eigenvalue weighted by Crippen LogP contribution is -2.31. The van der Waals surface area contributed by atoms with Gasteiger partial charge in [-0.05, 0) is 17.9 Å². The second kappa shape index (κ2) is 6.13. The molecular formula is C10H13NO6S2. The summed E-state index contributed by atoms with van der Waals surface area (Å²) in [5, 5.41) is 1.53. The van der Waals surface area contributed by atoms with Crippen LogP contribution < -0.4 is 4.72 Å². The van der Waals surface area contributed by atoms with E-state index in [1.165, 1.54) is 5.38 Å². The van der Waals surface area contributed by atoms with Gasteiger partial charge in [0.15, 0.2) is 0 Å². The maximum atomic E-state index is 12.1. The summed E-state index contributed by atoms with van der Waals surface area (Å²) in [5.74, 6) is -1.47. The number of nitrogens with one attached hydrogen (secondary N) is 1. The molecule has 0 saturated carbocycles. The maximum Gasteiger partial charge on any atom is 0.349 e. The first-order chi connectivity index (χ1) is 8.83. The van der Waals surface area contributed by atoms with Crippen molar-refractivity contribution in [2.45, 2.75) is 11.8 Å². The Kier molecular flexibility index (Phi) is 5.04. The SMILES string of the molecule is COC(=O)CNS(=O)(=O)c1c(C)csc1C(=O)OC. The average Bonchev–Trinajstić information content (AvgIpc) is 2.77. The van der Waals surface area contributed by atoms with Crippen LogP contribution in [0.15, 0.2) is 10.3 Å². The molecule has 7 nitrogen and oxygen atoms in total. The van der Waals surface area contributed by atoms with E-state index in [-0.39, 0.29) is 9.77 Å². The van der Waals surface area contributed by atoms with Gasteiger partial charge in [0.05, 0.1) is 14.2 Å². The van der Waals surface area contributed by atoms with Gasteiger partial charge in [-0.2, -0.15) is 4.72 Å². The molecule has 0 aliphatic rings. The molecule has 0 saturated heterocycles. The molecule has 1 heterocycles. The summed E-state index contributed by atoms with van der Waals surface area (Å²) in [7, 11) is -1.67. The molecule has 1 aromatic heterocycles. The van der Waals surface area contributed by atoms with Gasteiger partial charge in [-0.15, -0.1) is 11.3 Å². The van der Waals surface area contributed by atoms with Gasteiger partial charge in [0.2, 0.25) is 10.0 Å². The Labute approximate surface area is 114 Å². The summed E-state index contributed by atoms with van der Waals surface area (Å²) in [6.07, 6.45) is 0. The van der Waals surface area contributed by atoms with Crippen molar-refractivity contribution in [3.05, 3.63) is 15.8 Å². The zero-order valence-corrected chi connectivity index (χ0v) is 12.2. The summed E-state index contributed by atoms with van der Waals surface area (Å²) in [4.78, 5) is 22.2. The highest BCUT2D eigenvalue weighted by Crippen LogP contribution is 2.27. The van der Waals surface area contributed by atoms with Gasteiger partial charge < -0.3 is 9.47 Å². The lowest BCUT2D eigenvalue weighted by molar-refractivity contribution is -0.139. The van der Waals surface area contributed by atoms with Crippen LogP contribution in [0, 0.1) is 6.92 Å². The van der Waals surface area contributed by atoms with Crippen molar-refractivity contribution in [1.29, 1.82) is 0 Å². The molecule has 1 N–H and O–H groups in total. The number of thiophene rings is 1. The fourth-order valence-electron chi connectivity index (χ4n) is 1.30. The number of carbonyl (C=O) groups is 2. The fourth-order valence-corrected chi connectivity index (χ4v) is 3.97. The standard InChI is InChI=1S/C10H13NO6S2/c1-6-5-18-8(10(13)17-3)9(6)19(14,15)11-4-7(12)16-2/h5,11H,4H2,1-3H3. The topological polar surface area (TPSA) is 98.8 Å². The van der Waals surface area contributed by atoms with Gasteiger partial charge in [-0.1, -0.05) is 0 Å². The second-order valence-corrected chi connectivity index (χ2v) is 6.05. The monoisotopic (exact) mass is 307 g/mol. The number of ether oxygens (including phenoxy) is 2. The predicted molar refractivity (Wildman–Crippen MR) is 67.6 cm³/mol. The summed E-state index contributed by atoms with van der Waals surface area (Å²) in [6, 6.07) is 0. The number of rotatable bonds is 5. The molecule has 0 amide bonds. The predicted octanol–water partition coefficient (Wildman–Crippen LogP) is 0.294. The van der Waals surface area contributed by atoms with Crippen molar-refractivity contribution in [3.8, 4) is 0 Å². The minimum Gasteiger partial charge on any atom is -0.468 e. The number of esters is 2. The quantitative estimate of drug-likeness (QED) is 0.785. The molecule has 0 radical (unpaired) electrons. The molecule has 9 heteroatoms. The van der Waals surface area contributed by atoms with Crippen LogP contribution in [0.2, 0.25) is 0 Å². The van der Waals surface area contributed by atoms with Crippen LogP contribution in [0.3, 0.4) is 0 Å². The van der Waals surface area contributed by atoms with Crippen molar-refractivity contribution >= 4 is 33.3 Å². The smallest absolute Gasteiger partial charge is 0.349 e. The van der Waals surface area contributed by atoms with Crippen LogP contribution in [0.5, 0.6) is 0 Å². The van der Waals surface area contributed by atoms with Gasteiger partial charge in [0.25, 0.3) is 0 Å². The Morgan fingerprint density at radius 3 is 2.47 bits per heavy atom. The summed E-state index contributed by atoms with van der Waals surface area (Å²) < 4.78 is 35.0. The Bertz CT molecular complexity index is 589. The first kappa shape index (κ1) is 15.6. The molecule has 0 spiro atoms. The van der Waals surface area contributed by atoms with Crippen molar-refractivity contribution in [2.24, 2.45) is 0 Å². The summed E-state index contributed by atoms with van der Waals surface area (Å²) >= 11 is 0.966. The zero-order valence-electron chi connectivity index (χ0n) is 10.6. The molecule has 0 unspecified atom stereocenters. The number of methoxy groups -OCH3 is 2. The van der Waals surface area contributed by atoms with Gasteiger partial charge in [-0.25, -0.2) is 13.2 Å². The molecule has 0 aliphatic heterocycles. The van der Waals surface area contributed by atoms with E-state index in [9.17, 15) is 18.0 Å². The molecule has 0 fully saturated rings. The third-order valence-corrected chi connectivity index (χ3v) is 4.99. The van der Waals surface area contributed by atoms with Gasteiger partial charge in [0.1, 0.15) is 16.3 Å². The Morgan fingerprint density at radius 1 is 1.32 bits per heavy atom. The Hall–Kier alpha value is -1.45. The lowest BCUT2D eigenvalue weighted by Gasteiger charge is -2.07. The van der Waals surface area contributed by atoms with Crippen molar-refractivity contribution < 1.29 is 27.5 Å². The van der Waals surface area contributed by atoms with E-state index in [0.29, 0.717) is 5.56 Å². The molecule has 106 valence electrons. The molecule has 1 aromatic rings. The van der Waals surface area contributed by atoms with Crippen LogP contribution in [0.1, 0.15) is 15.2 Å². The van der Waals surface area contributed by atoms with E-state index in [0.717, 1.165) is 25.6 Å². The van der Waals surface area contributed by atoms with Gasteiger partial charge in [0, 0.05) is 0 Å². The highest BCUT2D eigenvalue weighted by molar-refractivity contribution is 7.89. The van der Waals surface area contributed by atoms with Crippen LogP contribution >= 0.6 is 11.3 Å². The number of carbonyl (C=O) groups excluding carboxylic acids is 2. The molecule has 0 bridgehead atoms. The molecule has 1 rings (SSSR count). The molecule has 19 heavy (non-hydrogen) atoms. The van der Waals surface area contributed by atoms with Crippen LogP contribution in [-0.4, -0.2) is 41.1 Å². The minimum atomic E-state index is -3.98. The van der Waals surface area contributed by atoms with Gasteiger partial charge >= 0.3 is 11.9 Å². The lowest BCUT2D eigenvalue weighted by atomic mass is 10.3. The van der Waals surface area contributed by atoms with Crippen molar-refractivity contribution in [3.63, 3.8) is 0 Å². The Balaban J connectivity index is 3.11. The van der Waals surface area contributed by atoms with Gasteiger partial charge in [-0.3, -0.25) is 4.79 Å². The largest absolute Gasteiger partial charge is 0.468 e. The molecule has 0 atom stereocenters. The normalized spacial score (nSPS) is 11.1. The van der Waals surface area contributed by atoms with E-state index in [1.54, 1.807) is 6.92 Å². The van der Waals surface area contributed by atoms with Crippen LogP contribution in [0.4, 0.5) is 0 Å². The van der Waals surface area contributed by atoms with E-state index in [1.807, 2.05) is 0 Å². The van der Waals surface area contributed by atoms with E-state index in [4.69, 9.17) is 0 Å². The summed E-state index contributed by atoms with van der Waals surface area (Å²) in [5.41, 5.74) is 0.405. The van der Waals surface area contributed by atoms with E-state index >= 15 is 0 Å². The fraction of sp³-hybridized carbons (Fsp3) is 0.400. The highest BCUT2D eigenvalue weighted by Gasteiger charge is 2.27. The number of hydrogen-bond acceptors (Lipinski definition) is 7. The molecule has 0 aliphatic carbocycles. The van der Waals surface area contributed by atoms with Crippen molar-refractivity contribution in [2.75, 3.05) is 20.8 Å². The second-order valence-electron chi connectivity index (χ2n) is 3.47. The first-order valence-electron chi connectivity index (χ1n) is 5.06. The minimum absolute atomic E-state index is 0.0302. The highest BCUT2D eigenvalue weighted by atomic mass is 32.2. The number of aryl methyl sites for hydroxylation is 1. The third-order valence-electron chi connectivity index (χ3n) is 2.19. The average molecular weight is 307 g/mol. The maximum absolute atomic E-state index is 12.1. The van der Waals surface area contributed by atoms with Crippen molar-refractivity contribution in [1.82, 2.24) is 4.72 Å². The van der Waals surface area contributed by atoms with Crippen LogP contribution in [0.25, 0.3) is 0 Å². The number of sulfonamides is 1. The third kappa shape index (κ3) is 3.52. The first-order valence-corrected chi connectivity index (χ1v) is 7.42.